The van der Waals surface area contributed by atoms with Gasteiger partial charge in [0.1, 0.15) is 0 Å². The highest BCUT2D eigenvalue weighted by Gasteiger charge is 2.21. The number of rotatable bonds is 1. The highest BCUT2D eigenvalue weighted by Crippen LogP contribution is 2.07. The molecule has 0 saturated carbocycles. The highest BCUT2D eigenvalue weighted by atomic mass is 16.5. The van der Waals surface area contributed by atoms with Crippen LogP contribution in [0.2, 0.25) is 0 Å². The molecule has 1 N–H and O–H groups in total. The molecule has 2 heterocycles. The number of hydrogen-bond acceptors (Lipinski definition) is 4. The van der Waals surface area contributed by atoms with E-state index in [1.165, 1.54) is 0 Å². The third-order valence-corrected chi connectivity index (χ3v) is 2.24. The molecule has 1 saturated heterocycles. The molecule has 2 rings (SSSR count). The second-order valence-electron chi connectivity index (χ2n) is 3.37. The van der Waals surface area contributed by atoms with E-state index in [0.717, 1.165) is 31.9 Å². The standard InChI is InChI=1S/C9H13N3O2/c1-7-6-8(14-11-7)9(13)12-4-2-10-3-5-12/h6,10H,2-5H2,1H3. The molecule has 0 unspecified atom stereocenters. The first-order chi connectivity index (χ1) is 6.77. The van der Waals surface area contributed by atoms with Crippen LogP contribution in [0.5, 0.6) is 0 Å². The third kappa shape index (κ3) is 1.77. The normalized spacial score (nSPS) is 17.1. The number of nitrogens with zero attached hydrogens (tertiary/aromatic N) is 2. The van der Waals surface area contributed by atoms with Crippen LogP contribution < -0.4 is 5.32 Å². The van der Waals surface area contributed by atoms with E-state index in [2.05, 4.69) is 10.5 Å². The predicted molar refractivity (Wildman–Crippen MR) is 50.0 cm³/mol. The number of piperazine rings is 1. The van der Waals surface area contributed by atoms with Crippen molar-refractivity contribution in [3.63, 3.8) is 0 Å². The Morgan fingerprint density at radius 3 is 2.86 bits per heavy atom. The van der Waals surface area contributed by atoms with Crippen molar-refractivity contribution >= 4 is 5.91 Å². The molecule has 0 radical (unpaired) electrons. The van der Waals surface area contributed by atoms with Crippen molar-refractivity contribution in [1.29, 1.82) is 0 Å². The Hall–Kier alpha value is -1.36. The molecule has 1 aliphatic heterocycles. The zero-order valence-corrected chi connectivity index (χ0v) is 8.12. The average molecular weight is 195 g/mol. The van der Waals surface area contributed by atoms with E-state index in [-0.39, 0.29) is 5.91 Å². The lowest BCUT2D eigenvalue weighted by Crippen LogP contribution is -2.46. The Labute approximate surface area is 82.1 Å². The quantitative estimate of drug-likeness (QED) is 0.686. The molecule has 1 amide bonds. The molecule has 14 heavy (non-hydrogen) atoms. The maximum Gasteiger partial charge on any atom is 0.292 e. The van der Waals surface area contributed by atoms with Crippen LogP contribution in [0.1, 0.15) is 16.2 Å². The molecule has 0 bridgehead atoms. The second-order valence-corrected chi connectivity index (χ2v) is 3.37. The molecular weight excluding hydrogens is 182 g/mol. The van der Waals surface area contributed by atoms with Gasteiger partial charge in [-0.05, 0) is 6.92 Å². The van der Waals surface area contributed by atoms with Crippen LogP contribution in [-0.4, -0.2) is 42.1 Å². The monoisotopic (exact) mass is 195 g/mol. The van der Waals surface area contributed by atoms with Crippen LogP contribution in [0.3, 0.4) is 0 Å². The summed E-state index contributed by atoms with van der Waals surface area (Å²) in [5, 5.41) is 6.88. The highest BCUT2D eigenvalue weighted by molar-refractivity contribution is 5.91. The zero-order valence-electron chi connectivity index (χ0n) is 8.12. The van der Waals surface area contributed by atoms with Crippen molar-refractivity contribution in [3.8, 4) is 0 Å². The molecule has 5 nitrogen and oxygen atoms in total. The summed E-state index contributed by atoms with van der Waals surface area (Å²) in [4.78, 5) is 13.6. The lowest BCUT2D eigenvalue weighted by atomic mass is 10.3. The van der Waals surface area contributed by atoms with Gasteiger partial charge >= 0.3 is 0 Å². The molecule has 76 valence electrons. The minimum atomic E-state index is -0.0629. The molecule has 1 fully saturated rings. The van der Waals surface area contributed by atoms with Crippen LogP contribution in [0.4, 0.5) is 0 Å². The van der Waals surface area contributed by atoms with Gasteiger partial charge in [0.05, 0.1) is 5.69 Å². The summed E-state index contributed by atoms with van der Waals surface area (Å²) in [6.07, 6.45) is 0. The maximum atomic E-state index is 11.8. The van der Waals surface area contributed by atoms with Crippen molar-refractivity contribution < 1.29 is 9.32 Å². The summed E-state index contributed by atoms with van der Waals surface area (Å²) in [7, 11) is 0. The fourth-order valence-corrected chi connectivity index (χ4v) is 1.49. The molecule has 0 aliphatic carbocycles. The first-order valence-corrected chi connectivity index (χ1v) is 4.70. The lowest BCUT2D eigenvalue weighted by molar-refractivity contribution is 0.0694. The Kier molecular flexibility index (Phi) is 2.49. The minimum Gasteiger partial charge on any atom is -0.351 e. The molecule has 0 aromatic carbocycles. The molecule has 1 aromatic rings. The van der Waals surface area contributed by atoms with Gasteiger partial charge < -0.3 is 14.7 Å². The number of hydrogen-bond donors (Lipinski definition) is 1. The number of amides is 1. The molecule has 0 atom stereocenters. The van der Waals surface area contributed by atoms with Gasteiger partial charge in [-0.15, -0.1) is 0 Å². The summed E-state index contributed by atoms with van der Waals surface area (Å²) in [5.74, 6) is 0.275. The van der Waals surface area contributed by atoms with E-state index in [0.29, 0.717) is 5.76 Å². The van der Waals surface area contributed by atoms with Crippen molar-refractivity contribution in [2.45, 2.75) is 6.92 Å². The number of nitrogens with one attached hydrogen (secondary N) is 1. The lowest BCUT2D eigenvalue weighted by Gasteiger charge is -2.26. The van der Waals surface area contributed by atoms with Gasteiger partial charge in [-0.3, -0.25) is 4.79 Å². The maximum absolute atomic E-state index is 11.8. The molecule has 1 aromatic heterocycles. The van der Waals surface area contributed by atoms with E-state index in [1.807, 2.05) is 0 Å². The van der Waals surface area contributed by atoms with Crippen molar-refractivity contribution in [1.82, 2.24) is 15.4 Å². The van der Waals surface area contributed by atoms with E-state index in [9.17, 15) is 4.79 Å². The van der Waals surface area contributed by atoms with Crippen molar-refractivity contribution in [2.24, 2.45) is 0 Å². The molecular formula is C9H13N3O2. The van der Waals surface area contributed by atoms with Crippen LogP contribution in [0, 0.1) is 6.92 Å². The Balaban J connectivity index is 2.07. The topological polar surface area (TPSA) is 58.4 Å². The Bertz CT molecular complexity index is 329. The van der Waals surface area contributed by atoms with Gasteiger partial charge in [0.15, 0.2) is 0 Å². The van der Waals surface area contributed by atoms with Crippen LogP contribution in [0.25, 0.3) is 0 Å². The van der Waals surface area contributed by atoms with E-state index in [4.69, 9.17) is 4.52 Å². The summed E-state index contributed by atoms with van der Waals surface area (Å²) >= 11 is 0. The zero-order chi connectivity index (χ0) is 9.97. The Morgan fingerprint density at radius 1 is 1.57 bits per heavy atom. The SMILES string of the molecule is Cc1cc(C(=O)N2CCNCC2)on1. The molecule has 5 heteroatoms. The fraction of sp³-hybridized carbons (Fsp3) is 0.556. The minimum absolute atomic E-state index is 0.0629. The molecule has 0 spiro atoms. The summed E-state index contributed by atoms with van der Waals surface area (Å²) in [5.41, 5.74) is 0.739. The Morgan fingerprint density at radius 2 is 2.29 bits per heavy atom. The van der Waals surface area contributed by atoms with Gasteiger partial charge in [-0.1, -0.05) is 5.16 Å². The van der Waals surface area contributed by atoms with E-state index in [1.54, 1.807) is 17.9 Å². The van der Waals surface area contributed by atoms with Crippen LogP contribution in [0.15, 0.2) is 10.6 Å². The van der Waals surface area contributed by atoms with Gasteiger partial charge in [-0.25, -0.2) is 0 Å². The van der Waals surface area contributed by atoms with Gasteiger partial charge in [0.25, 0.3) is 5.91 Å². The fourth-order valence-electron chi connectivity index (χ4n) is 1.49. The number of aromatic nitrogens is 1. The van der Waals surface area contributed by atoms with Gasteiger partial charge in [0, 0.05) is 32.2 Å². The van der Waals surface area contributed by atoms with E-state index < -0.39 is 0 Å². The van der Waals surface area contributed by atoms with Gasteiger partial charge in [-0.2, -0.15) is 0 Å². The summed E-state index contributed by atoms with van der Waals surface area (Å²) in [6.45, 7) is 4.97. The average Bonchev–Trinajstić information content (AvgIpc) is 2.65. The predicted octanol–water partition coefficient (Wildman–Crippen LogP) is 0.0284. The number of carbonyl (C=O) groups is 1. The van der Waals surface area contributed by atoms with Crippen molar-refractivity contribution in [3.05, 3.63) is 17.5 Å². The summed E-state index contributed by atoms with van der Waals surface area (Å²) in [6, 6.07) is 1.67. The van der Waals surface area contributed by atoms with Crippen LogP contribution in [-0.2, 0) is 0 Å². The third-order valence-electron chi connectivity index (χ3n) is 2.24. The van der Waals surface area contributed by atoms with E-state index >= 15 is 0 Å². The molecule has 1 aliphatic rings. The van der Waals surface area contributed by atoms with Crippen LogP contribution >= 0.6 is 0 Å². The second kappa shape index (κ2) is 3.79. The number of aryl methyl sites for hydroxylation is 1. The van der Waals surface area contributed by atoms with Crippen molar-refractivity contribution in [2.75, 3.05) is 26.2 Å². The van der Waals surface area contributed by atoms with Gasteiger partial charge in [0.2, 0.25) is 5.76 Å². The number of carbonyl (C=O) groups excluding carboxylic acids is 1. The smallest absolute Gasteiger partial charge is 0.292 e. The first kappa shape index (κ1) is 9.21. The largest absolute Gasteiger partial charge is 0.351 e. The first-order valence-electron chi connectivity index (χ1n) is 4.70. The summed E-state index contributed by atoms with van der Waals surface area (Å²) < 4.78 is 4.92.